The molecular weight excluding hydrogens is 444 g/mol. The van der Waals surface area contributed by atoms with Crippen LogP contribution in [-0.2, 0) is 0 Å². The van der Waals surface area contributed by atoms with Crippen molar-refractivity contribution in [2.24, 2.45) is 0 Å². The molecule has 6 nitrogen and oxygen atoms in total. The Morgan fingerprint density at radius 1 is 0.500 bits per heavy atom. The van der Waals surface area contributed by atoms with E-state index in [1.165, 1.54) is 0 Å². The average molecular weight is 454 g/mol. The maximum atomic E-state index is 10.1. The number of nitrogens with zero attached hydrogens (tertiary/aromatic N) is 6. The van der Waals surface area contributed by atoms with E-state index in [0.717, 1.165) is 16.7 Å². The SMILES string of the molecule is N#CC(C#N)=C1C(c2ccc3c(c2)C(=C(C#N)C#N)c2ccccc2-3)=C(C#N)c2ccc(C#N)cc21. The monoisotopic (exact) mass is 454 g/mol. The van der Waals surface area contributed by atoms with Crippen LogP contribution in [0, 0.1) is 68.0 Å². The molecule has 0 atom stereocenters. The molecule has 5 rings (SSSR count). The van der Waals surface area contributed by atoms with E-state index in [-0.39, 0.29) is 22.3 Å². The minimum absolute atomic E-state index is 0.0355. The standard InChI is InChI=1S/C30H10N6/c31-11-17-5-7-23-25(9-17)30(20(14-34)15-35)29(27(23)16-36)18-6-8-22-21-3-1-2-4-24(21)28(26(22)10-18)19(12-32)13-33/h1-10H. The van der Waals surface area contributed by atoms with Crippen molar-refractivity contribution in [3.8, 4) is 47.5 Å². The lowest BCUT2D eigenvalue weighted by atomic mass is 9.89. The van der Waals surface area contributed by atoms with E-state index in [9.17, 15) is 31.6 Å². The molecule has 0 radical (unpaired) electrons. The van der Waals surface area contributed by atoms with Crippen LogP contribution < -0.4 is 0 Å². The third kappa shape index (κ3) is 2.92. The van der Waals surface area contributed by atoms with Crippen LogP contribution in [0.1, 0.15) is 33.4 Å². The molecular formula is C30H10N6. The summed E-state index contributed by atoms with van der Waals surface area (Å²) in [4.78, 5) is 0. The van der Waals surface area contributed by atoms with Crippen LogP contribution in [0.2, 0.25) is 0 Å². The summed E-state index contributed by atoms with van der Waals surface area (Å²) in [5, 5.41) is 58.3. The van der Waals surface area contributed by atoms with Crippen molar-refractivity contribution >= 4 is 22.3 Å². The summed E-state index contributed by atoms with van der Waals surface area (Å²) in [6, 6.07) is 29.8. The van der Waals surface area contributed by atoms with E-state index in [2.05, 4.69) is 12.1 Å². The summed E-state index contributed by atoms with van der Waals surface area (Å²) < 4.78 is 0. The van der Waals surface area contributed by atoms with Crippen LogP contribution in [0.4, 0.5) is 0 Å². The van der Waals surface area contributed by atoms with Crippen molar-refractivity contribution < 1.29 is 0 Å². The van der Waals surface area contributed by atoms with Crippen LogP contribution in [-0.4, -0.2) is 0 Å². The molecule has 2 aliphatic carbocycles. The first kappa shape index (κ1) is 21.7. The van der Waals surface area contributed by atoms with Crippen LogP contribution >= 0.6 is 0 Å². The molecule has 6 heteroatoms. The highest BCUT2D eigenvalue weighted by atomic mass is 14.4. The third-order valence-corrected chi connectivity index (χ3v) is 6.31. The van der Waals surface area contributed by atoms with Gasteiger partial charge < -0.3 is 0 Å². The Balaban J connectivity index is 1.86. The molecule has 3 aromatic carbocycles. The zero-order chi connectivity index (χ0) is 25.4. The van der Waals surface area contributed by atoms with E-state index >= 15 is 0 Å². The average Bonchev–Trinajstić information content (AvgIpc) is 3.42. The number of hydrogen-bond donors (Lipinski definition) is 0. The molecule has 0 unspecified atom stereocenters. The van der Waals surface area contributed by atoms with E-state index in [0.29, 0.717) is 39.0 Å². The second-order valence-electron chi connectivity index (χ2n) is 7.99. The van der Waals surface area contributed by atoms with Gasteiger partial charge in [-0.2, -0.15) is 31.6 Å². The van der Waals surface area contributed by atoms with Gasteiger partial charge in [-0.15, -0.1) is 0 Å². The molecule has 0 saturated heterocycles. The topological polar surface area (TPSA) is 143 Å². The number of nitriles is 6. The molecule has 0 aromatic heterocycles. The van der Waals surface area contributed by atoms with Gasteiger partial charge in [-0.3, -0.25) is 0 Å². The second kappa shape index (κ2) is 8.31. The van der Waals surface area contributed by atoms with Crippen molar-refractivity contribution in [2.75, 3.05) is 0 Å². The van der Waals surface area contributed by atoms with Gasteiger partial charge in [-0.25, -0.2) is 0 Å². The maximum absolute atomic E-state index is 10.1. The van der Waals surface area contributed by atoms with Gasteiger partial charge >= 0.3 is 0 Å². The quantitative estimate of drug-likeness (QED) is 0.341. The van der Waals surface area contributed by atoms with Gasteiger partial charge in [0.1, 0.15) is 41.5 Å². The van der Waals surface area contributed by atoms with Gasteiger partial charge in [0.2, 0.25) is 0 Å². The molecule has 0 aliphatic heterocycles. The summed E-state index contributed by atoms with van der Waals surface area (Å²) in [6.45, 7) is 0. The highest BCUT2D eigenvalue weighted by molar-refractivity contribution is 6.26. The van der Waals surface area contributed by atoms with Crippen molar-refractivity contribution in [1.29, 1.82) is 31.6 Å². The minimum Gasteiger partial charge on any atom is -0.192 e. The largest absolute Gasteiger partial charge is 0.192 e. The first-order valence-electron chi connectivity index (χ1n) is 10.6. The number of rotatable bonds is 1. The lowest BCUT2D eigenvalue weighted by Crippen LogP contribution is -1.94. The number of hydrogen-bond acceptors (Lipinski definition) is 6. The van der Waals surface area contributed by atoms with Gasteiger partial charge in [0.25, 0.3) is 0 Å². The summed E-state index contributed by atoms with van der Waals surface area (Å²) >= 11 is 0. The van der Waals surface area contributed by atoms with E-state index in [4.69, 9.17) is 0 Å². The Labute approximate surface area is 206 Å². The smallest absolute Gasteiger partial charge is 0.138 e. The first-order valence-corrected chi connectivity index (χ1v) is 10.6. The van der Waals surface area contributed by atoms with Crippen molar-refractivity contribution in [3.63, 3.8) is 0 Å². The predicted molar refractivity (Wildman–Crippen MR) is 131 cm³/mol. The fourth-order valence-corrected chi connectivity index (χ4v) is 4.86. The van der Waals surface area contributed by atoms with Gasteiger partial charge in [-0.05, 0) is 51.6 Å². The van der Waals surface area contributed by atoms with Gasteiger partial charge in [-0.1, -0.05) is 42.5 Å². The second-order valence-corrected chi connectivity index (χ2v) is 7.99. The molecule has 3 aromatic rings. The fourth-order valence-electron chi connectivity index (χ4n) is 4.86. The fraction of sp³-hybridized carbons (Fsp3) is 0. The van der Waals surface area contributed by atoms with Crippen molar-refractivity contribution in [2.45, 2.75) is 0 Å². The number of fused-ring (bicyclic) bond motifs is 4. The Hall–Kier alpha value is -6.18. The number of allylic oxidation sites excluding steroid dienone is 5. The van der Waals surface area contributed by atoms with Gasteiger partial charge in [0.15, 0.2) is 0 Å². The molecule has 0 bridgehead atoms. The zero-order valence-electron chi connectivity index (χ0n) is 18.5. The van der Waals surface area contributed by atoms with Gasteiger partial charge in [0.05, 0.1) is 17.2 Å². The van der Waals surface area contributed by atoms with Crippen LogP contribution in [0.3, 0.4) is 0 Å². The Morgan fingerprint density at radius 2 is 1.08 bits per heavy atom. The van der Waals surface area contributed by atoms with Crippen LogP contribution in [0.15, 0.2) is 71.8 Å². The summed E-state index contributed by atoms with van der Waals surface area (Å²) in [7, 11) is 0. The maximum Gasteiger partial charge on any atom is 0.138 e. The molecule has 0 amide bonds. The molecule has 36 heavy (non-hydrogen) atoms. The number of benzene rings is 3. The van der Waals surface area contributed by atoms with Crippen molar-refractivity contribution in [1.82, 2.24) is 0 Å². The third-order valence-electron chi connectivity index (χ3n) is 6.31. The van der Waals surface area contributed by atoms with Crippen LogP contribution in [0.5, 0.6) is 0 Å². The highest BCUT2D eigenvalue weighted by Gasteiger charge is 2.33. The molecule has 0 N–H and O–H groups in total. The van der Waals surface area contributed by atoms with Crippen molar-refractivity contribution in [3.05, 3.63) is 105 Å². The molecule has 0 fully saturated rings. The molecule has 0 saturated carbocycles. The van der Waals surface area contributed by atoms with E-state index in [1.54, 1.807) is 30.3 Å². The van der Waals surface area contributed by atoms with Gasteiger partial charge in [0, 0.05) is 22.3 Å². The van der Waals surface area contributed by atoms with E-state index < -0.39 is 0 Å². The normalized spacial score (nSPS) is 12.1. The Bertz CT molecular complexity index is 1860. The highest BCUT2D eigenvalue weighted by Crippen LogP contribution is 2.51. The summed E-state index contributed by atoms with van der Waals surface area (Å²) in [5.74, 6) is 0. The Morgan fingerprint density at radius 3 is 1.72 bits per heavy atom. The summed E-state index contributed by atoms with van der Waals surface area (Å²) in [6.07, 6.45) is 0. The molecule has 0 spiro atoms. The lowest BCUT2D eigenvalue weighted by Gasteiger charge is -2.11. The molecule has 160 valence electrons. The predicted octanol–water partition coefficient (Wildman–Crippen LogP) is 5.64. The Kier molecular flexibility index (Phi) is 5.00. The lowest BCUT2D eigenvalue weighted by molar-refractivity contribution is 1.45. The van der Waals surface area contributed by atoms with E-state index in [1.807, 2.05) is 54.6 Å². The molecule has 0 heterocycles. The first-order chi connectivity index (χ1) is 17.6. The van der Waals surface area contributed by atoms with Crippen LogP contribution in [0.25, 0.3) is 33.4 Å². The molecule has 2 aliphatic rings. The minimum atomic E-state index is -0.180. The zero-order valence-corrected chi connectivity index (χ0v) is 18.5. The summed E-state index contributed by atoms with van der Waals surface area (Å²) in [5.41, 5.74) is 6.25.